The van der Waals surface area contributed by atoms with Gasteiger partial charge in [0.15, 0.2) is 5.78 Å². The van der Waals surface area contributed by atoms with E-state index in [2.05, 4.69) is 0 Å². The Morgan fingerprint density at radius 1 is 0.714 bits per heavy atom. The Morgan fingerprint density at radius 2 is 1.19 bits per heavy atom. The van der Waals surface area contributed by atoms with Crippen LogP contribution in [-0.4, -0.2) is 5.78 Å². The molecule has 1 nitrogen and oxygen atoms in total. The first-order valence-corrected chi connectivity index (χ1v) is 7.25. The average Bonchev–Trinajstić information content (AvgIpc) is 2.72. The molecule has 0 aromatic heterocycles. The predicted molar refractivity (Wildman–Crippen MR) is 88.1 cm³/mol. The summed E-state index contributed by atoms with van der Waals surface area (Å²) < 4.78 is 0. The van der Waals surface area contributed by atoms with Crippen LogP contribution in [-0.2, 0) is 4.79 Å². The molecule has 0 unspecified atom stereocenters. The average molecular weight is 295 g/mol. The zero-order valence-electron chi connectivity index (χ0n) is 12.0. The molecule has 0 bridgehead atoms. The van der Waals surface area contributed by atoms with E-state index in [4.69, 9.17) is 11.6 Å². The Bertz CT molecular complexity index is 765. The Kier molecular flexibility index (Phi) is 3.52. The van der Waals surface area contributed by atoms with Crippen molar-refractivity contribution in [3.8, 4) is 0 Å². The maximum atomic E-state index is 12.9. The Morgan fingerprint density at radius 3 is 1.71 bits per heavy atom. The van der Waals surface area contributed by atoms with Gasteiger partial charge in [0.05, 0.1) is 0 Å². The molecule has 2 heteroatoms. The number of rotatable bonds is 2. The molecule has 0 N–H and O–H groups in total. The largest absolute Gasteiger partial charge is 0.289 e. The van der Waals surface area contributed by atoms with Crippen LogP contribution in [0.5, 0.6) is 0 Å². The molecule has 1 aliphatic carbocycles. The highest BCUT2D eigenvalue weighted by molar-refractivity contribution is 6.46. The molecule has 0 saturated carbocycles. The van der Waals surface area contributed by atoms with Crippen molar-refractivity contribution in [1.82, 2.24) is 0 Å². The first-order valence-electron chi connectivity index (χ1n) is 6.88. The SMILES string of the molecule is CC1=C(c2ccccc2)C(=O)C(c2ccc(Cl)cc2)=C1C. The third-order valence-electron chi connectivity index (χ3n) is 3.96. The highest BCUT2D eigenvalue weighted by atomic mass is 35.5. The highest BCUT2D eigenvalue weighted by Gasteiger charge is 2.29. The fourth-order valence-corrected chi connectivity index (χ4v) is 2.88. The van der Waals surface area contributed by atoms with Gasteiger partial charge in [-0.15, -0.1) is 0 Å². The maximum Gasteiger partial charge on any atom is 0.194 e. The summed E-state index contributed by atoms with van der Waals surface area (Å²) in [5.41, 5.74) is 5.58. The third kappa shape index (κ3) is 2.34. The van der Waals surface area contributed by atoms with E-state index >= 15 is 0 Å². The first kappa shape index (κ1) is 13.8. The predicted octanol–water partition coefficient (Wildman–Crippen LogP) is 5.17. The number of carbonyl (C=O) groups is 1. The number of hydrogen-bond donors (Lipinski definition) is 0. The van der Waals surface area contributed by atoms with Gasteiger partial charge < -0.3 is 0 Å². The number of ketones is 1. The lowest BCUT2D eigenvalue weighted by Gasteiger charge is -2.06. The van der Waals surface area contributed by atoms with Gasteiger partial charge in [-0.2, -0.15) is 0 Å². The lowest BCUT2D eigenvalue weighted by atomic mass is 9.96. The zero-order valence-corrected chi connectivity index (χ0v) is 12.7. The molecule has 104 valence electrons. The van der Waals surface area contributed by atoms with Crippen LogP contribution in [0.15, 0.2) is 65.7 Å². The second-order valence-corrected chi connectivity index (χ2v) is 5.64. The molecule has 0 spiro atoms. The molecular formula is C19H15ClO. The van der Waals surface area contributed by atoms with Gasteiger partial charge in [0.1, 0.15) is 0 Å². The van der Waals surface area contributed by atoms with E-state index in [1.54, 1.807) is 0 Å². The molecule has 0 amide bonds. The molecule has 21 heavy (non-hydrogen) atoms. The zero-order chi connectivity index (χ0) is 15.0. The third-order valence-corrected chi connectivity index (χ3v) is 4.21. The number of Topliss-reactive ketones (excluding diaryl/α,β-unsaturated/α-hetero) is 1. The van der Waals surface area contributed by atoms with E-state index in [0.29, 0.717) is 5.02 Å². The summed E-state index contributed by atoms with van der Waals surface area (Å²) in [5, 5.41) is 0.676. The summed E-state index contributed by atoms with van der Waals surface area (Å²) in [7, 11) is 0. The molecular weight excluding hydrogens is 280 g/mol. The van der Waals surface area contributed by atoms with Gasteiger partial charge in [0, 0.05) is 16.2 Å². The van der Waals surface area contributed by atoms with Crippen molar-refractivity contribution in [2.24, 2.45) is 0 Å². The van der Waals surface area contributed by atoms with E-state index in [1.165, 1.54) is 0 Å². The molecule has 0 aliphatic heterocycles. The van der Waals surface area contributed by atoms with Crippen LogP contribution in [0.25, 0.3) is 11.1 Å². The quantitative estimate of drug-likeness (QED) is 0.747. The molecule has 0 radical (unpaired) electrons. The van der Waals surface area contributed by atoms with Gasteiger partial charge in [-0.1, -0.05) is 54.1 Å². The van der Waals surface area contributed by atoms with Crippen LogP contribution in [0, 0.1) is 0 Å². The number of halogens is 1. The topological polar surface area (TPSA) is 17.1 Å². The van der Waals surface area contributed by atoms with Crippen LogP contribution in [0.4, 0.5) is 0 Å². The van der Waals surface area contributed by atoms with Crippen LogP contribution < -0.4 is 0 Å². The fraction of sp³-hybridized carbons (Fsp3) is 0.105. The normalized spacial score (nSPS) is 15.1. The molecule has 2 aromatic rings. The monoisotopic (exact) mass is 294 g/mol. The number of benzene rings is 2. The summed E-state index contributed by atoms with van der Waals surface area (Å²) >= 11 is 5.93. The molecule has 0 fully saturated rings. The first-order chi connectivity index (χ1) is 10.1. The second-order valence-electron chi connectivity index (χ2n) is 5.20. The number of carbonyl (C=O) groups excluding carboxylic acids is 1. The molecule has 1 aliphatic rings. The lowest BCUT2D eigenvalue weighted by Crippen LogP contribution is -2.01. The lowest BCUT2D eigenvalue weighted by molar-refractivity contribution is -0.108. The van der Waals surface area contributed by atoms with Gasteiger partial charge in [0.2, 0.25) is 0 Å². The van der Waals surface area contributed by atoms with Crippen molar-refractivity contribution in [1.29, 1.82) is 0 Å². The van der Waals surface area contributed by atoms with Crippen LogP contribution in [0.2, 0.25) is 5.02 Å². The van der Waals surface area contributed by atoms with Crippen molar-refractivity contribution in [3.63, 3.8) is 0 Å². The van der Waals surface area contributed by atoms with Crippen molar-refractivity contribution < 1.29 is 4.79 Å². The number of hydrogen-bond acceptors (Lipinski definition) is 1. The standard InChI is InChI=1S/C19H15ClO/c1-12-13(2)18(15-8-10-16(20)11-9-15)19(21)17(12)14-6-4-3-5-7-14/h3-11H,1-2H3. The van der Waals surface area contributed by atoms with E-state index < -0.39 is 0 Å². The summed E-state index contributed by atoms with van der Waals surface area (Å²) in [6, 6.07) is 17.3. The molecule has 3 rings (SSSR count). The van der Waals surface area contributed by atoms with Crippen molar-refractivity contribution >= 4 is 28.5 Å². The summed E-state index contributed by atoms with van der Waals surface area (Å²) in [5.74, 6) is 0.0959. The fourth-order valence-electron chi connectivity index (χ4n) is 2.76. The van der Waals surface area contributed by atoms with Crippen molar-refractivity contribution in [3.05, 3.63) is 81.9 Å². The summed E-state index contributed by atoms with van der Waals surface area (Å²) in [6.07, 6.45) is 0. The number of allylic oxidation sites excluding steroid dienone is 4. The molecule has 0 heterocycles. The van der Waals surface area contributed by atoms with E-state index in [0.717, 1.165) is 33.4 Å². The van der Waals surface area contributed by atoms with Crippen LogP contribution in [0.1, 0.15) is 25.0 Å². The van der Waals surface area contributed by atoms with Crippen LogP contribution in [0.3, 0.4) is 0 Å². The van der Waals surface area contributed by atoms with Gasteiger partial charge >= 0.3 is 0 Å². The Labute approximate surface area is 129 Å². The van der Waals surface area contributed by atoms with E-state index in [1.807, 2.05) is 68.4 Å². The highest BCUT2D eigenvalue weighted by Crippen LogP contribution is 2.39. The summed E-state index contributed by atoms with van der Waals surface area (Å²) in [6.45, 7) is 4.02. The molecule has 0 atom stereocenters. The minimum Gasteiger partial charge on any atom is -0.289 e. The Hall–Kier alpha value is -2.12. The van der Waals surface area contributed by atoms with Gasteiger partial charge in [-0.05, 0) is 48.3 Å². The van der Waals surface area contributed by atoms with Gasteiger partial charge in [-0.3, -0.25) is 4.79 Å². The van der Waals surface area contributed by atoms with E-state index in [-0.39, 0.29) is 5.78 Å². The summed E-state index contributed by atoms with van der Waals surface area (Å²) in [4.78, 5) is 12.9. The molecule has 0 saturated heterocycles. The minimum atomic E-state index is 0.0959. The second kappa shape index (κ2) is 5.34. The Balaban J connectivity index is 2.08. The molecule has 2 aromatic carbocycles. The van der Waals surface area contributed by atoms with Gasteiger partial charge in [0.25, 0.3) is 0 Å². The smallest absolute Gasteiger partial charge is 0.194 e. The van der Waals surface area contributed by atoms with E-state index in [9.17, 15) is 4.79 Å². The van der Waals surface area contributed by atoms with Crippen molar-refractivity contribution in [2.75, 3.05) is 0 Å². The van der Waals surface area contributed by atoms with Crippen molar-refractivity contribution in [2.45, 2.75) is 13.8 Å². The van der Waals surface area contributed by atoms with Crippen LogP contribution >= 0.6 is 11.6 Å². The minimum absolute atomic E-state index is 0.0959. The maximum absolute atomic E-state index is 12.9. The van der Waals surface area contributed by atoms with Gasteiger partial charge in [-0.25, -0.2) is 0 Å².